The Bertz CT molecular complexity index is 1390. The van der Waals surface area contributed by atoms with Gasteiger partial charge in [-0.25, -0.2) is 13.1 Å². The van der Waals surface area contributed by atoms with Crippen LogP contribution in [0.5, 0.6) is 5.75 Å². The highest BCUT2D eigenvalue weighted by Crippen LogP contribution is 2.39. The van der Waals surface area contributed by atoms with E-state index in [-0.39, 0.29) is 23.0 Å². The average molecular weight is 515 g/mol. The zero-order valence-electron chi connectivity index (χ0n) is 18.1. The number of rotatable bonds is 7. The summed E-state index contributed by atoms with van der Waals surface area (Å²) in [5.74, 6) is 0.728. The van der Waals surface area contributed by atoms with Crippen molar-refractivity contribution in [2.45, 2.75) is 17.4 Å². The maximum Gasteiger partial charge on any atom is 0.240 e. The lowest BCUT2D eigenvalue weighted by molar-refractivity contribution is 0.414. The highest BCUT2D eigenvalue weighted by Gasteiger charge is 2.31. The van der Waals surface area contributed by atoms with E-state index in [4.69, 9.17) is 38.3 Å². The summed E-state index contributed by atoms with van der Waals surface area (Å²) >= 11 is 12.5. The van der Waals surface area contributed by atoms with Crippen molar-refractivity contribution < 1.29 is 13.2 Å². The maximum atomic E-state index is 12.8. The Morgan fingerprint density at radius 2 is 1.91 bits per heavy atom. The van der Waals surface area contributed by atoms with Crippen molar-refractivity contribution in [2.24, 2.45) is 5.10 Å². The molecular weight excluding hydrogens is 495 g/mol. The molecule has 1 aliphatic heterocycles. The van der Waals surface area contributed by atoms with Gasteiger partial charge >= 0.3 is 0 Å². The van der Waals surface area contributed by atoms with Crippen LogP contribution in [0.1, 0.15) is 23.6 Å². The van der Waals surface area contributed by atoms with Crippen LogP contribution in [0.4, 0.5) is 5.69 Å². The van der Waals surface area contributed by atoms with Gasteiger partial charge in [0, 0.05) is 11.4 Å². The molecule has 0 fully saturated rings. The van der Waals surface area contributed by atoms with Crippen LogP contribution in [0.25, 0.3) is 0 Å². The first-order chi connectivity index (χ1) is 16.3. The lowest BCUT2D eigenvalue weighted by atomic mass is 10.0. The standard InChI is InChI=1S/C24H20Cl2N4O3S/c1-33-20-8-5-17(6-9-20)24-13-19(29-30(24)23-10-7-18(25)12-22(23)26)15-28-34(31,32)21-4-2-3-16(11-21)14-27/h2-12,24,28H,13,15H2,1H3. The fourth-order valence-corrected chi connectivity index (χ4v) is 5.21. The molecule has 0 amide bonds. The van der Waals surface area contributed by atoms with Gasteiger partial charge in [0.1, 0.15) is 5.75 Å². The van der Waals surface area contributed by atoms with Gasteiger partial charge in [-0.15, -0.1) is 0 Å². The van der Waals surface area contributed by atoms with Crippen LogP contribution < -0.4 is 14.5 Å². The lowest BCUT2D eigenvalue weighted by Crippen LogP contribution is -2.29. The molecular formula is C24H20Cl2N4O3S. The van der Waals surface area contributed by atoms with Crippen molar-refractivity contribution in [1.29, 1.82) is 5.26 Å². The topological polar surface area (TPSA) is 94.8 Å². The normalized spacial score (nSPS) is 15.6. The van der Waals surface area contributed by atoms with Crippen molar-refractivity contribution in [3.8, 4) is 11.8 Å². The fraction of sp³-hybridized carbons (Fsp3) is 0.167. The number of anilines is 1. The van der Waals surface area contributed by atoms with Gasteiger partial charge in [-0.05, 0) is 54.1 Å². The first kappa shape index (κ1) is 24.0. The van der Waals surface area contributed by atoms with E-state index in [1.54, 1.807) is 36.4 Å². The molecule has 0 aliphatic carbocycles. The molecule has 1 heterocycles. The Kier molecular flexibility index (Phi) is 7.10. The molecule has 1 unspecified atom stereocenters. The molecule has 0 radical (unpaired) electrons. The van der Waals surface area contributed by atoms with Crippen LogP contribution in [0.2, 0.25) is 10.0 Å². The predicted octanol–water partition coefficient (Wildman–Crippen LogP) is 5.16. The number of sulfonamides is 1. The van der Waals surface area contributed by atoms with E-state index in [1.165, 1.54) is 18.2 Å². The Labute approximate surface area is 208 Å². The van der Waals surface area contributed by atoms with E-state index in [2.05, 4.69) is 4.72 Å². The second-order valence-corrected chi connectivity index (χ2v) is 10.2. The zero-order valence-corrected chi connectivity index (χ0v) is 20.4. The number of hydrogen-bond acceptors (Lipinski definition) is 6. The van der Waals surface area contributed by atoms with Gasteiger partial charge in [-0.1, -0.05) is 41.4 Å². The molecule has 3 aromatic carbocycles. The third-order valence-corrected chi connectivity index (χ3v) is 7.31. The SMILES string of the molecule is COc1ccc(C2CC(CNS(=O)(=O)c3cccc(C#N)c3)=NN2c2ccc(Cl)cc2Cl)cc1. The summed E-state index contributed by atoms with van der Waals surface area (Å²) in [5.41, 5.74) is 2.53. The monoisotopic (exact) mass is 514 g/mol. The van der Waals surface area contributed by atoms with Gasteiger partial charge in [-0.2, -0.15) is 10.4 Å². The highest BCUT2D eigenvalue weighted by atomic mass is 35.5. The molecule has 3 aromatic rings. The number of nitrogens with zero attached hydrogens (tertiary/aromatic N) is 3. The number of nitriles is 1. The quantitative estimate of drug-likeness (QED) is 0.469. The molecule has 4 rings (SSSR count). The van der Waals surface area contributed by atoms with E-state index in [0.717, 1.165) is 11.3 Å². The summed E-state index contributed by atoms with van der Waals surface area (Å²) in [4.78, 5) is 0.0226. The summed E-state index contributed by atoms with van der Waals surface area (Å²) < 4.78 is 33.4. The number of benzene rings is 3. The van der Waals surface area contributed by atoms with Crippen LogP contribution >= 0.6 is 23.2 Å². The van der Waals surface area contributed by atoms with E-state index in [9.17, 15) is 8.42 Å². The summed E-state index contributed by atoms with van der Waals surface area (Å²) in [6.45, 7) is 0.00742. The first-order valence-electron chi connectivity index (χ1n) is 10.2. The van der Waals surface area contributed by atoms with E-state index in [0.29, 0.717) is 27.9 Å². The molecule has 0 aromatic heterocycles. The molecule has 174 valence electrons. The zero-order chi connectivity index (χ0) is 24.3. The Morgan fingerprint density at radius 3 is 2.59 bits per heavy atom. The van der Waals surface area contributed by atoms with Crippen LogP contribution in [0.15, 0.2) is 76.7 Å². The highest BCUT2D eigenvalue weighted by molar-refractivity contribution is 7.89. The molecule has 1 aliphatic rings. The number of hydrogen-bond donors (Lipinski definition) is 1. The van der Waals surface area contributed by atoms with E-state index >= 15 is 0 Å². The number of halogens is 2. The van der Waals surface area contributed by atoms with Crippen molar-refractivity contribution in [3.05, 3.63) is 87.9 Å². The molecule has 0 spiro atoms. The minimum atomic E-state index is -3.83. The molecule has 34 heavy (non-hydrogen) atoms. The van der Waals surface area contributed by atoms with Crippen LogP contribution in [0.3, 0.4) is 0 Å². The van der Waals surface area contributed by atoms with E-state index in [1.807, 2.05) is 30.3 Å². The smallest absolute Gasteiger partial charge is 0.240 e. The average Bonchev–Trinajstić information content (AvgIpc) is 3.27. The van der Waals surface area contributed by atoms with Crippen molar-refractivity contribution in [3.63, 3.8) is 0 Å². The largest absolute Gasteiger partial charge is 0.497 e. The number of nitrogens with one attached hydrogen (secondary N) is 1. The second-order valence-electron chi connectivity index (χ2n) is 7.56. The van der Waals surface area contributed by atoms with Gasteiger partial charge in [-0.3, -0.25) is 5.01 Å². The molecule has 0 bridgehead atoms. The van der Waals surface area contributed by atoms with Gasteiger partial charge in [0.2, 0.25) is 10.0 Å². The van der Waals surface area contributed by atoms with Gasteiger partial charge < -0.3 is 4.74 Å². The Hall–Kier alpha value is -3.09. The van der Waals surface area contributed by atoms with Gasteiger partial charge in [0.05, 0.1) is 52.6 Å². The molecule has 1 atom stereocenters. The summed E-state index contributed by atoms with van der Waals surface area (Å²) in [5, 5.41) is 16.5. The lowest BCUT2D eigenvalue weighted by Gasteiger charge is -2.25. The maximum absolute atomic E-state index is 12.8. The first-order valence-corrected chi connectivity index (χ1v) is 12.5. The minimum Gasteiger partial charge on any atom is -0.497 e. The Balaban J connectivity index is 1.61. The second kappa shape index (κ2) is 10.0. The number of methoxy groups -OCH3 is 1. The fourth-order valence-electron chi connectivity index (χ4n) is 3.65. The molecule has 0 saturated carbocycles. The summed E-state index contributed by atoms with van der Waals surface area (Å²) in [6.07, 6.45) is 0.478. The molecule has 1 N–H and O–H groups in total. The third-order valence-electron chi connectivity index (χ3n) is 5.37. The molecule has 0 saturated heterocycles. The van der Waals surface area contributed by atoms with Gasteiger partial charge in [0.25, 0.3) is 0 Å². The van der Waals surface area contributed by atoms with Crippen LogP contribution in [0, 0.1) is 11.3 Å². The van der Waals surface area contributed by atoms with Crippen molar-refractivity contribution >= 4 is 44.6 Å². The predicted molar refractivity (Wildman–Crippen MR) is 133 cm³/mol. The van der Waals surface area contributed by atoms with Crippen molar-refractivity contribution in [2.75, 3.05) is 18.7 Å². The van der Waals surface area contributed by atoms with Crippen LogP contribution in [-0.2, 0) is 10.0 Å². The van der Waals surface area contributed by atoms with Crippen molar-refractivity contribution in [1.82, 2.24) is 4.72 Å². The van der Waals surface area contributed by atoms with Crippen LogP contribution in [-0.4, -0.2) is 27.8 Å². The summed E-state index contributed by atoms with van der Waals surface area (Å²) in [6, 6.07) is 20.4. The number of hydrazone groups is 1. The third kappa shape index (κ3) is 5.18. The molecule has 10 heteroatoms. The summed E-state index contributed by atoms with van der Waals surface area (Å²) in [7, 11) is -2.23. The van der Waals surface area contributed by atoms with E-state index < -0.39 is 10.0 Å². The Morgan fingerprint density at radius 1 is 1.15 bits per heavy atom. The van der Waals surface area contributed by atoms with Gasteiger partial charge in [0.15, 0.2) is 0 Å². The minimum absolute atomic E-state index is 0.00742. The molecule has 7 nitrogen and oxygen atoms in total. The number of ether oxygens (including phenoxy) is 1.